The van der Waals surface area contributed by atoms with Gasteiger partial charge in [0.15, 0.2) is 5.70 Å². The van der Waals surface area contributed by atoms with Crippen LogP contribution in [0.1, 0.15) is 6.92 Å². The van der Waals surface area contributed by atoms with Gasteiger partial charge in [-0.2, -0.15) is 13.2 Å². The molecule has 2 radical (unpaired) electrons. The Morgan fingerprint density at radius 3 is 2.50 bits per heavy atom. The molecule has 0 N–H and O–H groups in total. The summed E-state index contributed by atoms with van der Waals surface area (Å²) in [6, 6.07) is 0. The van der Waals surface area contributed by atoms with E-state index in [1.807, 2.05) is 6.08 Å². The zero-order valence-corrected chi connectivity index (χ0v) is 6.07. The largest absolute Gasteiger partial charge is 0.434 e. The summed E-state index contributed by atoms with van der Waals surface area (Å²) < 4.78 is 35.7. The van der Waals surface area contributed by atoms with Gasteiger partial charge in [0.1, 0.15) is 0 Å². The Morgan fingerprint density at radius 1 is 1.50 bits per heavy atom. The van der Waals surface area contributed by atoms with Crippen molar-refractivity contribution < 1.29 is 18.0 Å². The minimum atomic E-state index is -4.59. The van der Waals surface area contributed by atoms with Crippen LogP contribution in [-0.2, 0) is 4.79 Å². The maximum atomic E-state index is 11.9. The number of hydrogen-bond acceptors (Lipinski definition) is 1. The molecule has 0 saturated carbocycles. The number of hydrogen-bond donors (Lipinski definition) is 0. The van der Waals surface area contributed by atoms with Gasteiger partial charge in [0.2, 0.25) is 0 Å². The Labute approximate surface area is 66.8 Å². The molecule has 1 heterocycles. The normalized spacial score (nSPS) is 18.2. The van der Waals surface area contributed by atoms with Crippen LogP contribution in [0.4, 0.5) is 13.2 Å². The van der Waals surface area contributed by atoms with E-state index < -0.39 is 17.8 Å². The summed E-state index contributed by atoms with van der Waals surface area (Å²) in [5.74, 6) is -0.890. The van der Waals surface area contributed by atoms with Crippen molar-refractivity contribution in [2.24, 2.45) is 0 Å². The molecule has 2 nitrogen and oxygen atoms in total. The van der Waals surface area contributed by atoms with Gasteiger partial charge in [-0.05, 0) is 12.5 Å². The Kier molecular flexibility index (Phi) is 1.95. The number of allylic oxidation sites excluding steroid dienone is 3. The lowest BCUT2D eigenvalue weighted by molar-refractivity contribution is -0.123. The fourth-order valence-electron chi connectivity index (χ4n) is 0.713. The molecule has 12 heavy (non-hydrogen) atoms. The average molecular weight is 175 g/mol. The minimum absolute atomic E-state index is 0.141. The van der Waals surface area contributed by atoms with Crippen molar-refractivity contribution in [3.05, 3.63) is 23.4 Å². The van der Waals surface area contributed by atoms with E-state index in [1.165, 1.54) is 6.92 Å². The third-order valence-corrected chi connectivity index (χ3v) is 1.15. The molecule has 64 valence electrons. The van der Waals surface area contributed by atoms with Crippen molar-refractivity contribution in [3.8, 4) is 0 Å². The van der Waals surface area contributed by atoms with Crippen LogP contribution in [0.25, 0.3) is 0 Å². The van der Waals surface area contributed by atoms with Gasteiger partial charge in [-0.1, -0.05) is 0 Å². The van der Waals surface area contributed by atoms with Gasteiger partial charge in [-0.25, -0.2) is 5.32 Å². The zero-order chi connectivity index (χ0) is 9.35. The molecule has 0 spiro atoms. The first-order chi connectivity index (χ1) is 5.39. The van der Waals surface area contributed by atoms with Crippen LogP contribution in [0.15, 0.2) is 17.3 Å². The second-order valence-corrected chi connectivity index (χ2v) is 2.25. The van der Waals surface area contributed by atoms with Crippen LogP contribution in [0.3, 0.4) is 0 Å². The molecular weight excluding hydrogens is 171 g/mol. The van der Waals surface area contributed by atoms with E-state index >= 15 is 0 Å². The molecule has 0 aliphatic carbocycles. The molecule has 0 aromatic heterocycles. The Morgan fingerprint density at radius 2 is 2.08 bits per heavy atom. The quantitative estimate of drug-likeness (QED) is 0.546. The van der Waals surface area contributed by atoms with Crippen molar-refractivity contribution in [1.82, 2.24) is 5.32 Å². The van der Waals surface area contributed by atoms with E-state index in [9.17, 15) is 18.0 Å². The number of carbonyl (C=O) groups is 1. The van der Waals surface area contributed by atoms with Crippen molar-refractivity contribution >= 4 is 5.91 Å². The molecule has 1 rings (SSSR count). The summed E-state index contributed by atoms with van der Waals surface area (Å²) in [6.07, 6.45) is -1.64. The Balaban J connectivity index is 2.95. The lowest BCUT2D eigenvalue weighted by atomic mass is 10.1. The van der Waals surface area contributed by atoms with E-state index in [2.05, 4.69) is 5.32 Å². The van der Waals surface area contributed by atoms with Crippen LogP contribution in [-0.4, -0.2) is 12.1 Å². The first-order valence-corrected chi connectivity index (χ1v) is 3.05. The van der Waals surface area contributed by atoms with Crippen LogP contribution < -0.4 is 5.32 Å². The second-order valence-electron chi connectivity index (χ2n) is 2.25. The van der Waals surface area contributed by atoms with Gasteiger partial charge < -0.3 is 0 Å². The summed E-state index contributed by atoms with van der Waals surface area (Å²) >= 11 is 0. The molecule has 0 unspecified atom stereocenters. The minimum Gasteiger partial charge on any atom is -0.267 e. The van der Waals surface area contributed by atoms with Crippen LogP contribution in [0.2, 0.25) is 0 Å². The molecular formula is C7H4F3NO. The van der Waals surface area contributed by atoms with Gasteiger partial charge in [-0.3, -0.25) is 4.79 Å². The highest BCUT2D eigenvalue weighted by molar-refractivity contribution is 5.90. The van der Waals surface area contributed by atoms with Crippen molar-refractivity contribution in [2.45, 2.75) is 13.1 Å². The molecule has 1 aliphatic heterocycles. The summed E-state index contributed by atoms with van der Waals surface area (Å²) in [6.45, 7) is 1.36. The molecule has 1 aliphatic rings. The number of amides is 1. The van der Waals surface area contributed by atoms with E-state index in [-0.39, 0.29) is 5.57 Å². The summed E-state index contributed by atoms with van der Waals surface area (Å²) in [5, 5.41) is 2.77. The van der Waals surface area contributed by atoms with Gasteiger partial charge in [0, 0.05) is 12.2 Å². The number of rotatable bonds is 0. The number of nitrogens with zero attached hydrogens (tertiary/aromatic N) is 1. The molecule has 0 atom stereocenters. The summed E-state index contributed by atoms with van der Waals surface area (Å²) in [4.78, 5) is 10.5. The summed E-state index contributed by atoms with van der Waals surface area (Å²) in [5.41, 5.74) is -1.12. The maximum absolute atomic E-state index is 11.9. The van der Waals surface area contributed by atoms with E-state index in [4.69, 9.17) is 0 Å². The van der Waals surface area contributed by atoms with Crippen LogP contribution in [0.5, 0.6) is 0 Å². The molecule has 5 heteroatoms. The average Bonchev–Trinajstić information content (AvgIpc) is 1.82. The first kappa shape index (κ1) is 8.83. The standard InChI is InChI=1S/C7H4F3NO/c1-4-2-5(7(8,9)10)11-6(12)3-4/h3H,1H3. The highest BCUT2D eigenvalue weighted by atomic mass is 19.4. The van der Waals surface area contributed by atoms with E-state index in [0.717, 1.165) is 6.08 Å². The number of alkyl halides is 3. The predicted molar refractivity (Wildman–Crippen MR) is 33.7 cm³/mol. The third kappa shape index (κ3) is 1.87. The van der Waals surface area contributed by atoms with Gasteiger partial charge in [-0.15, -0.1) is 0 Å². The fraction of sp³-hybridized carbons (Fsp3) is 0.286. The fourth-order valence-corrected chi connectivity index (χ4v) is 0.713. The molecule has 1 amide bonds. The van der Waals surface area contributed by atoms with Gasteiger partial charge in [0.25, 0.3) is 5.91 Å². The van der Waals surface area contributed by atoms with Crippen molar-refractivity contribution in [2.75, 3.05) is 0 Å². The lowest BCUT2D eigenvalue weighted by Gasteiger charge is -2.12. The molecule has 0 aromatic rings. The van der Waals surface area contributed by atoms with Crippen molar-refractivity contribution in [3.63, 3.8) is 0 Å². The Bertz CT molecular complexity index is 275. The molecule has 0 saturated heterocycles. The highest BCUT2D eigenvalue weighted by Gasteiger charge is 2.37. The van der Waals surface area contributed by atoms with Crippen molar-refractivity contribution in [1.29, 1.82) is 0 Å². The highest BCUT2D eigenvalue weighted by Crippen LogP contribution is 2.26. The lowest BCUT2D eigenvalue weighted by Crippen LogP contribution is -2.27. The smallest absolute Gasteiger partial charge is 0.267 e. The number of halogens is 3. The van der Waals surface area contributed by atoms with Crippen LogP contribution in [0, 0.1) is 6.08 Å². The molecule has 0 bridgehead atoms. The maximum Gasteiger partial charge on any atom is 0.434 e. The van der Waals surface area contributed by atoms with Gasteiger partial charge in [0.05, 0.1) is 0 Å². The van der Waals surface area contributed by atoms with Crippen LogP contribution >= 0.6 is 0 Å². The topological polar surface area (TPSA) is 31.2 Å². The second kappa shape index (κ2) is 2.66. The Hall–Kier alpha value is -1.26. The third-order valence-electron chi connectivity index (χ3n) is 1.15. The van der Waals surface area contributed by atoms with E-state index in [0.29, 0.717) is 0 Å². The van der Waals surface area contributed by atoms with Gasteiger partial charge >= 0.3 is 6.18 Å². The predicted octanol–water partition coefficient (Wildman–Crippen LogP) is 1.33. The monoisotopic (exact) mass is 175 g/mol. The molecule has 0 aromatic carbocycles. The molecule has 0 fully saturated rings. The van der Waals surface area contributed by atoms with E-state index in [1.54, 1.807) is 0 Å². The SMILES string of the molecule is CC1=CC(=O)[N]C(C(F)(F)F)=[C]1. The summed E-state index contributed by atoms with van der Waals surface area (Å²) in [7, 11) is 0. The zero-order valence-electron chi connectivity index (χ0n) is 6.07. The first-order valence-electron chi connectivity index (χ1n) is 3.05. The number of carbonyl (C=O) groups excluding carboxylic acids is 1.